The van der Waals surface area contributed by atoms with E-state index >= 15 is 0 Å². The molecule has 0 aliphatic rings. The molecular formula is C16H16FNOS. The summed E-state index contributed by atoms with van der Waals surface area (Å²) < 4.78 is 13.5. The van der Waals surface area contributed by atoms with Crippen molar-refractivity contribution in [2.75, 3.05) is 11.1 Å². The highest BCUT2D eigenvalue weighted by atomic mass is 32.2. The SMILES string of the molecule is Cc1ccc(F)c(NC(=O)CCSc2ccccc2)c1. The Labute approximate surface area is 122 Å². The molecule has 1 amide bonds. The third kappa shape index (κ3) is 4.38. The molecule has 2 rings (SSSR count). The van der Waals surface area contributed by atoms with Crippen LogP contribution in [-0.2, 0) is 4.79 Å². The van der Waals surface area contributed by atoms with Crippen LogP contribution in [0.4, 0.5) is 10.1 Å². The minimum absolute atomic E-state index is 0.169. The summed E-state index contributed by atoms with van der Waals surface area (Å²) in [5, 5.41) is 2.61. The predicted octanol–water partition coefficient (Wildman–Crippen LogP) is 4.26. The van der Waals surface area contributed by atoms with E-state index in [4.69, 9.17) is 0 Å². The van der Waals surface area contributed by atoms with E-state index in [9.17, 15) is 9.18 Å². The standard InChI is InChI=1S/C16H16FNOS/c1-12-7-8-14(17)15(11-12)18-16(19)9-10-20-13-5-3-2-4-6-13/h2-8,11H,9-10H2,1H3,(H,18,19). The third-order valence-corrected chi connectivity index (χ3v) is 3.75. The number of hydrogen-bond acceptors (Lipinski definition) is 2. The van der Waals surface area contributed by atoms with E-state index in [0.717, 1.165) is 10.5 Å². The molecule has 0 heterocycles. The van der Waals surface area contributed by atoms with E-state index in [0.29, 0.717) is 12.2 Å². The van der Waals surface area contributed by atoms with Crippen LogP contribution in [0.1, 0.15) is 12.0 Å². The Hall–Kier alpha value is -1.81. The summed E-state index contributed by atoms with van der Waals surface area (Å²) in [6, 6.07) is 14.6. The molecule has 4 heteroatoms. The molecule has 0 aliphatic heterocycles. The maximum atomic E-state index is 13.5. The number of aryl methyl sites for hydroxylation is 1. The van der Waals surface area contributed by atoms with Crippen LogP contribution in [0.3, 0.4) is 0 Å². The molecule has 0 atom stereocenters. The normalized spacial score (nSPS) is 10.3. The zero-order valence-corrected chi connectivity index (χ0v) is 12.0. The lowest BCUT2D eigenvalue weighted by molar-refractivity contribution is -0.115. The molecular weight excluding hydrogens is 273 g/mol. The first-order valence-corrected chi connectivity index (χ1v) is 7.37. The van der Waals surface area contributed by atoms with E-state index in [-0.39, 0.29) is 11.6 Å². The van der Waals surface area contributed by atoms with Crippen molar-refractivity contribution in [3.8, 4) is 0 Å². The molecule has 0 aliphatic carbocycles. The van der Waals surface area contributed by atoms with E-state index in [1.165, 1.54) is 6.07 Å². The molecule has 0 radical (unpaired) electrons. The molecule has 104 valence electrons. The zero-order chi connectivity index (χ0) is 14.4. The van der Waals surface area contributed by atoms with Crippen LogP contribution >= 0.6 is 11.8 Å². The lowest BCUT2D eigenvalue weighted by Crippen LogP contribution is -2.13. The Kier molecular flexibility index (Phi) is 5.18. The number of amides is 1. The number of halogens is 1. The predicted molar refractivity (Wildman–Crippen MR) is 81.5 cm³/mol. The van der Waals surface area contributed by atoms with Gasteiger partial charge in [-0.2, -0.15) is 0 Å². The smallest absolute Gasteiger partial charge is 0.225 e. The molecule has 2 nitrogen and oxygen atoms in total. The van der Waals surface area contributed by atoms with Crippen molar-refractivity contribution in [3.05, 3.63) is 59.9 Å². The van der Waals surface area contributed by atoms with Gasteiger partial charge in [-0.15, -0.1) is 11.8 Å². The summed E-state index contributed by atoms with van der Waals surface area (Å²) in [5.41, 5.74) is 1.17. The second-order valence-electron chi connectivity index (χ2n) is 4.44. The summed E-state index contributed by atoms with van der Waals surface area (Å²) in [6.45, 7) is 1.86. The third-order valence-electron chi connectivity index (χ3n) is 2.74. The van der Waals surface area contributed by atoms with Crippen LogP contribution < -0.4 is 5.32 Å². The highest BCUT2D eigenvalue weighted by molar-refractivity contribution is 7.99. The summed E-state index contributed by atoms with van der Waals surface area (Å²) >= 11 is 1.61. The maximum Gasteiger partial charge on any atom is 0.225 e. The molecule has 0 aromatic heterocycles. The summed E-state index contributed by atoms with van der Waals surface area (Å²) in [4.78, 5) is 12.9. The number of thioether (sulfide) groups is 1. The molecule has 0 spiro atoms. The lowest BCUT2D eigenvalue weighted by Gasteiger charge is -2.07. The zero-order valence-electron chi connectivity index (χ0n) is 11.2. The molecule has 0 bridgehead atoms. The fourth-order valence-corrected chi connectivity index (χ4v) is 2.60. The van der Waals surface area contributed by atoms with Gasteiger partial charge in [0.1, 0.15) is 5.82 Å². The minimum Gasteiger partial charge on any atom is -0.324 e. The number of nitrogens with one attached hydrogen (secondary N) is 1. The van der Waals surface area contributed by atoms with Gasteiger partial charge < -0.3 is 5.32 Å². The van der Waals surface area contributed by atoms with E-state index in [1.54, 1.807) is 23.9 Å². The van der Waals surface area contributed by atoms with Crippen LogP contribution in [0, 0.1) is 12.7 Å². The number of benzene rings is 2. The van der Waals surface area contributed by atoms with Crippen molar-refractivity contribution >= 4 is 23.4 Å². The highest BCUT2D eigenvalue weighted by Crippen LogP contribution is 2.19. The molecule has 0 unspecified atom stereocenters. The summed E-state index contributed by atoms with van der Waals surface area (Å²) in [6.07, 6.45) is 0.354. The first-order chi connectivity index (χ1) is 9.65. The number of carbonyl (C=O) groups is 1. The molecule has 0 saturated heterocycles. The van der Waals surface area contributed by atoms with Gasteiger partial charge in [0.15, 0.2) is 0 Å². The van der Waals surface area contributed by atoms with Crippen molar-refractivity contribution < 1.29 is 9.18 Å². The quantitative estimate of drug-likeness (QED) is 0.833. The van der Waals surface area contributed by atoms with E-state index in [2.05, 4.69) is 5.32 Å². The van der Waals surface area contributed by atoms with E-state index in [1.807, 2.05) is 37.3 Å². The van der Waals surface area contributed by atoms with Crippen molar-refractivity contribution in [2.24, 2.45) is 0 Å². The largest absolute Gasteiger partial charge is 0.324 e. The molecule has 2 aromatic rings. The molecule has 0 saturated carbocycles. The maximum absolute atomic E-state index is 13.5. The van der Waals surface area contributed by atoms with Gasteiger partial charge >= 0.3 is 0 Å². The number of rotatable bonds is 5. The van der Waals surface area contributed by atoms with Crippen molar-refractivity contribution in [1.82, 2.24) is 0 Å². The van der Waals surface area contributed by atoms with Crippen molar-refractivity contribution in [1.29, 1.82) is 0 Å². The monoisotopic (exact) mass is 289 g/mol. The number of anilines is 1. The highest BCUT2D eigenvalue weighted by Gasteiger charge is 2.07. The second-order valence-corrected chi connectivity index (χ2v) is 5.61. The minimum atomic E-state index is -0.403. The first-order valence-electron chi connectivity index (χ1n) is 6.39. The summed E-state index contributed by atoms with van der Waals surface area (Å²) in [7, 11) is 0. The van der Waals surface area contributed by atoms with Gasteiger partial charge in [0.25, 0.3) is 0 Å². The molecule has 2 aromatic carbocycles. The second kappa shape index (κ2) is 7.10. The van der Waals surface area contributed by atoms with E-state index < -0.39 is 5.82 Å². The van der Waals surface area contributed by atoms with Gasteiger partial charge in [-0.3, -0.25) is 4.79 Å². The summed E-state index contributed by atoms with van der Waals surface area (Å²) in [5.74, 6) is 0.0982. The van der Waals surface area contributed by atoms with Crippen LogP contribution in [0.15, 0.2) is 53.4 Å². The van der Waals surface area contributed by atoms with Gasteiger partial charge in [-0.05, 0) is 36.8 Å². The Morgan fingerprint density at radius 1 is 1.20 bits per heavy atom. The average Bonchev–Trinajstić information content (AvgIpc) is 2.44. The lowest BCUT2D eigenvalue weighted by atomic mass is 10.2. The van der Waals surface area contributed by atoms with Crippen molar-refractivity contribution in [3.63, 3.8) is 0 Å². The van der Waals surface area contributed by atoms with Crippen LogP contribution in [0.2, 0.25) is 0 Å². The number of hydrogen-bond donors (Lipinski definition) is 1. The van der Waals surface area contributed by atoms with Crippen molar-refractivity contribution in [2.45, 2.75) is 18.2 Å². The van der Waals surface area contributed by atoms with Gasteiger partial charge in [-0.25, -0.2) is 4.39 Å². The first kappa shape index (κ1) is 14.6. The fourth-order valence-electron chi connectivity index (χ4n) is 1.73. The average molecular weight is 289 g/mol. The Morgan fingerprint density at radius 3 is 2.70 bits per heavy atom. The Bertz CT molecular complexity index is 586. The van der Waals surface area contributed by atoms with Crippen LogP contribution in [0.5, 0.6) is 0 Å². The molecule has 1 N–H and O–H groups in total. The van der Waals surface area contributed by atoms with Gasteiger partial charge in [0.2, 0.25) is 5.91 Å². The van der Waals surface area contributed by atoms with Crippen LogP contribution in [0.25, 0.3) is 0 Å². The van der Waals surface area contributed by atoms with Crippen LogP contribution in [-0.4, -0.2) is 11.7 Å². The van der Waals surface area contributed by atoms with Gasteiger partial charge in [-0.1, -0.05) is 24.3 Å². The fraction of sp³-hybridized carbons (Fsp3) is 0.188. The molecule has 20 heavy (non-hydrogen) atoms. The topological polar surface area (TPSA) is 29.1 Å². The molecule has 0 fully saturated rings. The van der Waals surface area contributed by atoms with Gasteiger partial charge in [0.05, 0.1) is 5.69 Å². The van der Waals surface area contributed by atoms with Gasteiger partial charge in [0, 0.05) is 17.1 Å². The Morgan fingerprint density at radius 2 is 1.95 bits per heavy atom. The Balaban J connectivity index is 1.82. The number of carbonyl (C=O) groups excluding carboxylic acids is 1.